The van der Waals surface area contributed by atoms with Gasteiger partial charge in [0.15, 0.2) is 0 Å². The van der Waals surface area contributed by atoms with Crippen LogP contribution in [0.4, 0.5) is 5.69 Å². The molecule has 0 aliphatic carbocycles. The molecule has 2 aromatic rings. The van der Waals surface area contributed by atoms with Crippen molar-refractivity contribution in [2.24, 2.45) is 0 Å². The first-order valence-corrected chi connectivity index (χ1v) is 8.39. The number of hydrogen-bond donors (Lipinski definition) is 0. The van der Waals surface area contributed by atoms with Crippen molar-refractivity contribution in [1.29, 1.82) is 0 Å². The third kappa shape index (κ3) is 4.01. The van der Waals surface area contributed by atoms with Gasteiger partial charge >= 0.3 is 0 Å². The van der Waals surface area contributed by atoms with E-state index in [9.17, 15) is 18.3 Å². The fraction of sp³-hybridized carbons (Fsp3) is 0.188. The van der Waals surface area contributed by atoms with Crippen molar-refractivity contribution in [2.75, 3.05) is 17.5 Å². The lowest BCUT2D eigenvalue weighted by Crippen LogP contribution is -2.41. The Labute approximate surface area is 135 Å². The van der Waals surface area contributed by atoms with E-state index in [0.29, 0.717) is 12.4 Å². The minimum absolute atomic E-state index is 0.00938. The molecule has 0 N–H and O–H groups in total. The molecule has 0 amide bonds. The largest absolute Gasteiger partial charge is 0.548 e. The molecule has 0 fully saturated rings. The van der Waals surface area contributed by atoms with E-state index >= 15 is 0 Å². The molecule has 0 unspecified atom stereocenters. The Kier molecular flexibility index (Phi) is 5.23. The molecular weight excluding hydrogens is 318 g/mol. The highest BCUT2D eigenvalue weighted by Crippen LogP contribution is 2.25. The van der Waals surface area contributed by atoms with Gasteiger partial charge in [0.1, 0.15) is 5.75 Å². The van der Waals surface area contributed by atoms with E-state index in [1.807, 2.05) is 6.92 Å². The first kappa shape index (κ1) is 16.8. The molecule has 0 aliphatic heterocycles. The monoisotopic (exact) mass is 334 g/mol. The molecule has 6 nitrogen and oxygen atoms in total. The van der Waals surface area contributed by atoms with Crippen LogP contribution in [0.2, 0.25) is 0 Å². The van der Waals surface area contributed by atoms with Crippen LogP contribution in [0, 0.1) is 0 Å². The van der Waals surface area contributed by atoms with Gasteiger partial charge in [-0.2, -0.15) is 0 Å². The Hall–Kier alpha value is -2.54. The summed E-state index contributed by atoms with van der Waals surface area (Å²) < 4.78 is 31.5. The van der Waals surface area contributed by atoms with Gasteiger partial charge < -0.3 is 14.6 Å². The summed E-state index contributed by atoms with van der Waals surface area (Å²) in [4.78, 5) is 11.0. The minimum atomic E-state index is -4.00. The van der Waals surface area contributed by atoms with Crippen LogP contribution < -0.4 is 14.1 Å². The first-order valence-electron chi connectivity index (χ1n) is 6.95. The van der Waals surface area contributed by atoms with Gasteiger partial charge in [0.2, 0.25) is 0 Å². The van der Waals surface area contributed by atoms with Crippen molar-refractivity contribution in [3.05, 3.63) is 54.6 Å². The van der Waals surface area contributed by atoms with Crippen molar-refractivity contribution in [2.45, 2.75) is 11.8 Å². The number of carboxylic acids is 1. The summed E-state index contributed by atoms with van der Waals surface area (Å²) >= 11 is 0. The van der Waals surface area contributed by atoms with E-state index in [-0.39, 0.29) is 10.6 Å². The zero-order valence-electron chi connectivity index (χ0n) is 12.5. The molecule has 0 saturated carbocycles. The zero-order chi connectivity index (χ0) is 16.9. The van der Waals surface area contributed by atoms with Crippen LogP contribution in [0.1, 0.15) is 6.92 Å². The lowest BCUT2D eigenvalue weighted by molar-refractivity contribution is -0.303. The summed E-state index contributed by atoms with van der Waals surface area (Å²) in [5, 5.41) is 11.0. The highest BCUT2D eigenvalue weighted by Gasteiger charge is 2.24. The van der Waals surface area contributed by atoms with Crippen LogP contribution in [0.3, 0.4) is 0 Å². The maximum atomic E-state index is 12.7. The van der Waals surface area contributed by atoms with Gasteiger partial charge in [-0.25, -0.2) is 8.42 Å². The minimum Gasteiger partial charge on any atom is -0.548 e. The van der Waals surface area contributed by atoms with Crippen molar-refractivity contribution in [1.82, 2.24) is 0 Å². The van der Waals surface area contributed by atoms with E-state index in [1.54, 1.807) is 30.3 Å². The van der Waals surface area contributed by atoms with Crippen LogP contribution in [0.15, 0.2) is 59.5 Å². The van der Waals surface area contributed by atoms with Gasteiger partial charge in [0, 0.05) is 0 Å². The fourth-order valence-corrected chi connectivity index (χ4v) is 3.46. The Morgan fingerprint density at radius 2 is 1.70 bits per heavy atom. The molecule has 0 atom stereocenters. The van der Waals surface area contributed by atoms with Crippen LogP contribution in [0.5, 0.6) is 5.75 Å². The number of anilines is 1. The Balaban J connectivity index is 2.43. The van der Waals surface area contributed by atoms with Gasteiger partial charge in [0.05, 0.1) is 29.7 Å². The predicted octanol–water partition coefficient (Wildman–Crippen LogP) is 1.03. The smallest absolute Gasteiger partial charge is 0.264 e. The number of carboxylic acid groups (broad SMARTS) is 1. The summed E-state index contributed by atoms with van der Waals surface area (Å²) in [7, 11) is -4.00. The predicted molar refractivity (Wildman–Crippen MR) is 83.6 cm³/mol. The van der Waals surface area contributed by atoms with Crippen molar-refractivity contribution in [3.63, 3.8) is 0 Å². The molecule has 0 saturated heterocycles. The standard InChI is InChI=1S/C16H17NO5S/c1-2-22-14-10-8-13(9-11-14)17(12-16(18)19)23(20,21)15-6-4-3-5-7-15/h3-11H,2,12H2,1H3,(H,18,19)/p-1. The summed E-state index contributed by atoms with van der Waals surface area (Å²) in [6, 6.07) is 13.8. The van der Waals surface area contributed by atoms with E-state index in [4.69, 9.17) is 4.74 Å². The molecule has 7 heteroatoms. The second-order valence-corrected chi connectivity index (χ2v) is 6.49. The lowest BCUT2D eigenvalue weighted by atomic mass is 10.3. The molecular formula is C16H16NO5S-. The second kappa shape index (κ2) is 7.15. The molecule has 23 heavy (non-hydrogen) atoms. The summed E-state index contributed by atoms with van der Waals surface area (Å²) in [5.74, 6) is -0.917. The quantitative estimate of drug-likeness (QED) is 0.755. The number of carbonyl (C=O) groups excluding carboxylic acids is 1. The van der Waals surface area contributed by atoms with E-state index in [1.165, 1.54) is 24.3 Å². The molecule has 0 bridgehead atoms. The van der Waals surface area contributed by atoms with Gasteiger partial charge in [-0.05, 0) is 43.3 Å². The van der Waals surface area contributed by atoms with Gasteiger partial charge in [-0.3, -0.25) is 4.31 Å². The number of benzene rings is 2. The topological polar surface area (TPSA) is 86.7 Å². The highest BCUT2D eigenvalue weighted by atomic mass is 32.2. The van der Waals surface area contributed by atoms with Gasteiger partial charge in [0.25, 0.3) is 10.0 Å². The SMILES string of the molecule is CCOc1ccc(N(CC(=O)[O-])S(=O)(=O)c2ccccc2)cc1. The number of carbonyl (C=O) groups is 1. The number of sulfonamides is 1. The summed E-state index contributed by atoms with van der Waals surface area (Å²) in [6.07, 6.45) is 0. The molecule has 122 valence electrons. The van der Waals surface area contributed by atoms with Crippen LogP contribution in [-0.2, 0) is 14.8 Å². The van der Waals surface area contributed by atoms with Gasteiger partial charge in [-0.15, -0.1) is 0 Å². The van der Waals surface area contributed by atoms with Crippen LogP contribution >= 0.6 is 0 Å². The number of nitrogens with zero attached hydrogens (tertiary/aromatic N) is 1. The Morgan fingerprint density at radius 1 is 1.09 bits per heavy atom. The van der Waals surface area contributed by atoms with Crippen LogP contribution in [0.25, 0.3) is 0 Å². The summed E-state index contributed by atoms with van der Waals surface area (Å²) in [6.45, 7) is 1.53. The fourth-order valence-electron chi connectivity index (χ4n) is 2.03. The normalized spacial score (nSPS) is 11.0. The maximum Gasteiger partial charge on any atom is 0.264 e. The van der Waals surface area contributed by atoms with E-state index in [0.717, 1.165) is 4.31 Å². The highest BCUT2D eigenvalue weighted by molar-refractivity contribution is 7.92. The molecule has 0 spiro atoms. The molecule has 2 rings (SSSR count). The lowest BCUT2D eigenvalue weighted by Gasteiger charge is -2.25. The average molecular weight is 334 g/mol. The third-order valence-corrected chi connectivity index (χ3v) is 4.83. The molecule has 0 heterocycles. The Bertz CT molecular complexity index is 757. The maximum absolute atomic E-state index is 12.7. The second-order valence-electron chi connectivity index (χ2n) is 4.62. The molecule has 0 radical (unpaired) electrons. The van der Waals surface area contributed by atoms with E-state index < -0.39 is 22.5 Å². The van der Waals surface area contributed by atoms with Crippen molar-refractivity contribution >= 4 is 21.7 Å². The average Bonchev–Trinajstić information content (AvgIpc) is 2.54. The number of rotatable bonds is 7. The summed E-state index contributed by atoms with van der Waals surface area (Å²) in [5.41, 5.74) is 0.224. The number of aliphatic carboxylic acids is 1. The number of hydrogen-bond acceptors (Lipinski definition) is 5. The van der Waals surface area contributed by atoms with Crippen molar-refractivity contribution < 1.29 is 23.1 Å². The third-order valence-electron chi connectivity index (χ3n) is 3.04. The first-order chi connectivity index (χ1) is 10.9. The molecule has 2 aromatic carbocycles. The van der Waals surface area contributed by atoms with E-state index in [2.05, 4.69) is 0 Å². The number of ether oxygens (including phenoxy) is 1. The molecule has 0 aromatic heterocycles. The molecule has 0 aliphatic rings. The van der Waals surface area contributed by atoms with Crippen LogP contribution in [-0.4, -0.2) is 27.5 Å². The Morgan fingerprint density at radius 3 is 2.22 bits per heavy atom. The zero-order valence-corrected chi connectivity index (χ0v) is 13.3. The van der Waals surface area contributed by atoms with Crippen molar-refractivity contribution in [3.8, 4) is 5.75 Å². The van der Waals surface area contributed by atoms with Gasteiger partial charge in [-0.1, -0.05) is 18.2 Å².